The highest BCUT2D eigenvalue weighted by Gasteiger charge is 2.29. The lowest BCUT2D eigenvalue weighted by Gasteiger charge is -2.31. The molecule has 8 nitrogen and oxygen atoms in total. The molecule has 37 heavy (non-hydrogen) atoms. The predicted octanol–water partition coefficient (Wildman–Crippen LogP) is 5.35. The van der Waals surface area contributed by atoms with Crippen LogP contribution in [0.25, 0.3) is 10.9 Å². The molecular formula is C29H36N6O2. The lowest BCUT2D eigenvalue weighted by Crippen LogP contribution is -2.32. The number of rotatable bonds is 10. The van der Waals surface area contributed by atoms with Crippen molar-refractivity contribution in [2.45, 2.75) is 77.5 Å². The van der Waals surface area contributed by atoms with Crippen LogP contribution in [0.1, 0.15) is 80.6 Å². The van der Waals surface area contributed by atoms with Crippen molar-refractivity contribution in [3.8, 4) is 5.75 Å². The summed E-state index contributed by atoms with van der Waals surface area (Å²) < 4.78 is 7.40. The Kier molecular flexibility index (Phi) is 7.65. The zero-order valence-electron chi connectivity index (χ0n) is 22.0. The predicted molar refractivity (Wildman–Crippen MR) is 145 cm³/mol. The van der Waals surface area contributed by atoms with Crippen LogP contribution in [0.3, 0.4) is 0 Å². The molecule has 0 bridgehead atoms. The Labute approximate surface area is 217 Å². The molecule has 1 aliphatic carbocycles. The minimum Gasteiger partial charge on any atom is -0.497 e. The van der Waals surface area contributed by atoms with Crippen molar-refractivity contribution in [2.75, 3.05) is 7.11 Å². The summed E-state index contributed by atoms with van der Waals surface area (Å²) in [6.45, 7) is 5.46. The average molecular weight is 501 g/mol. The number of ether oxygens (including phenoxy) is 1. The number of benzene rings is 2. The molecule has 0 saturated heterocycles. The van der Waals surface area contributed by atoms with Gasteiger partial charge in [0, 0.05) is 24.2 Å². The first-order valence-electron chi connectivity index (χ1n) is 13.4. The maximum Gasteiger partial charge on any atom is 0.252 e. The van der Waals surface area contributed by atoms with Crippen LogP contribution in [-0.2, 0) is 19.5 Å². The molecule has 2 aromatic carbocycles. The molecule has 1 aliphatic rings. The van der Waals surface area contributed by atoms with E-state index in [2.05, 4.69) is 63.5 Å². The fourth-order valence-corrected chi connectivity index (χ4v) is 5.53. The second-order valence-electron chi connectivity index (χ2n) is 10.00. The van der Waals surface area contributed by atoms with Crippen molar-refractivity contribution >= 4 is 10.9 Å². The van der Waals surface area contributed by atoms with E-state index < -0.39 is 0 Å². The van der Waals surface area contributed by atoms with Crippen molar-refractivity contribution in [2.24, 2.45) is 0 Å². The molecule has 4 aromatic rings. The molecule has 0 radical (unpaired) electrons. The Morgan fingerprint density at radius 1 is 1.05 bits per heavy atom. The van der Waals surface area contributed by atoms with E-state index in [0.29, 0.717) is 19.1 Å². The van der Waals surface area contributed by atoms with Gasteiger partial charge in [0.15, 0.2) is 5.82 Å². The van der Waals surface area contributed by atoms with Crippen LogP contribution < -0.4 is 10.3 Å². The summed E-state index contributed by atoms with van der Waals surface area (Å²) in [5.74, 6) is 1.71. The van der Waals surface area contributed by atoms with Gasteiger partial charge in [-0.05, 0) is 83.0 Å². The van der Waals surface area contributed by atoms with Gasteiger partial charge in [-0.1, -0.05) is 44.9 Å². The number of methoxy groups -OCH3 is 1. The normalized spacial score (nSPS) is 15.0. The van der Waals surface area contributed by atoms with Gasteiger partial charge in [-0.25, -0.2) is 4.68 Å². The minimum atomic E-state index is -0.0540. The fourth-order valence-electron chi connectivity index (χ4n) is 5.53. The molecule has 0 aliphatic heterocycles. The Hall–Kier alpha value is -3.52. The number of aromatic amines is 1. The van der Waals surface area contributed by atoms with Crippen LogP contribution in [-0.4, -0.2) is 37.2 Å². The number of aryl methyl sites for hydroxylation is 1. The Morgan fingerprint density at radius 2 is 1.81 bits per heavy atom. The highest BCUT2D eigenvalue weighted by molar-refractivity contribution is 5.79. The summed E-state index contributed by atoms with van der Waals surface area (Å²) in [5.41, 5.74) is 3.95. The van der Waals surface area contributed by atoms with Crippen LogP contribution in [0.4, 0.5) is 0 Å². The second kappa shape index (κ2) is 11.3. The summed E-state index contributed by atoms with van der Waals surface area (Å²) in [4.78, 5) is 18.6. The first-order valence-corrected chi connectivity index (χ1v) is 13.4. The van der Waals surface area contributed by atoms with Crippen molar-refractivity contribution < 1.29 is 4.74 Å². The van der Waals surface area contributed by atoms with Crippen molar-refractivity contribution in [1.82, 2.24) is 30.1 Å². The van der Waals surface area contributed by atoms with Gasteiger partial charge < -0.3 is 9.72 Å². The third-order valence-electron chi connectivity index (χ3n) is 7.63. The SMILES string of the molecule is CCc1ccc2[nH]c(=O)c(CN(Cc3ccc(OC)cc3)C(CC)c3nnnn3C3CCCC3)cc2c1. The second-order valence-corrected chi connectivity index (χ2v) is 10.00. The molecule has 2 heterocycles. The highest BCUT2D eigenvalue weighted by atomic mass is 16.5. The van der Waals surface area contributed by atoms with Crippen LogP contribution in [0.15, 0.2) is 53.3 Å². The molecule has 1 fully saturated rings. The van der Waals surface area contributed by atoms with Crippen LogP contribution in [0.2, 0.25) is 0 Å². The van der Waals surface area contributed by atoms with Gasteiger partial charge in [0.25, 0.3) is 5.56 Å². The minimum absolute atomic E-state index is 0.0326. The van der Waals surface area contributed by atoms with Crippen LogP contribution in [0, 0.1) is 0 Å². The van der Waals surface area contributed by atoms with Gasteiger partial charge in [0.05, 0.1) is 19.2 Å². The number of fused-ring (bicyclic) bond motifs is 1. The average Bonchev–Trinajstić information content (AvgIpc) is 3.62. The van der Waals surface area contributed by atoms with Gasteiger partial charge in [0.1, 0.15) is 5.75 Å². The van der Waals surface area contributed by atoms with Gasteiger partial charge in [-0.3, -0.25) is 9.69 Å². The molecule has 8 heteroatoms. The molecule has 1 unspecified atom stereocenters. The molecule has 1 atom stereocenters. The van der Waals surface area contributed by atoms with E-state index >= 15 is 0 Å². The summed E-state index contributed by atoms with van der Waals surface area (Å²) in [6, 6.07) is 16.7. The van der Waals surface area contributed by atoms with E-state index in [1.54, 1.807) is 7.11 Å². The van der Waals surface area contributed by atoms with Crippen molar-refractivity contribution in [1.29, 1.82) is 0 Å². The maximum absolute atomic E-state index is 13.2. The molecule has 2 aromatic heterocycles. The number of H-pyrrole nitrogens is 1. The molecule has 0 amide bonds. The van der Waals surface area contributed by atoms with Gasteiger partial charge >= 0.3 is 0 Å². The lowest BCUT2D eigenvalue weighted by atomic mass is 10.1. The zero-order valence-corrected chi connectivity index (χ0v) is 22.0. The molecule has 1 saturated carbocycles. The van der Waals surface area contributed by atoms with E-state index in [1.165, 1.54) is 18.4 Å². The lowest BCUT2D eigenvalue weighted by molar-refractivity contribution is 0.158. The summed E-state index contributed by atoms with van der Waals surface area (Å²) in [6.07, 6.45) is 6.42. The third-order valence-corrected chi connectivity index (χ3v) is 7.63. The summed E-state index contributed by atoms with van der Waals surface area (Å²) >= 11 is 0. The smallest absolute Gasteiger partial charge is 0.252 e. The quantitative estimate of drug-likeness (QED) is 0.316. The topological polar surface area (TPSA) is 88.9 Å². The molecule has 194 valence electrons. The van der Waals surface area contributed by atoms with Crippen LogP contribution >= 0.6 is 0 Å². The molecular weight excluding hydrogens is 464 g/mol. The highest BCUT2D eigenvalue weighted by Crippen LogP contribution is 2.33. The number of nitrogens with one attached hydrogen (secondary N) is 1. The number of aromatic nitrogens is 5. The number of hydrogen-bond donors (Lipinski definition) is 1. The van der Waals surface area contributed by atoms with Crippen LogP contribution in [0.5, 0.6) is 5.75 Å². The molecule has 5 rings (SSSR count). The molecule has 0 spiro atoms. The Bertz CT molecular complexity index is 1390. The zero-order chi connectivity index (χ0) is 25.8. The number of nitrogens with zero attached hydrogens (tertiary/aromatic N) is 5. The van der Waals surface area contributed by atoms with Gasteiger partial charge in [0.2, 0.25) is 0 Å². The third kappa shape index (κ3) is 5.44. The van der Waals surface area contributed by atoms with E-state index in [1.807, 2.05) is 28.9 Å². The number of tetrazole rings is 1. The number of pyridine rings is 1. The van der Waals surface area contributed by atoms with Crippen molar-refractivity contribution in [3.63, 3.8) is 0 Å². The first kappa shape index (κ1) is 25.1. The van der Waals surface area contributed by atoms with E-state index in [-0.39, 0.29) is 11.6 Å². The maximum atomic E-state index is 13.2. The standard InChI is InChI=1S/C29H36N6O2/c1-4-20-12-15-26-22(16-20)17-23(29(36)30-26)19-34(18-21-10-13-25(37-3)14-11-21)27(5-2)28-31-32-33-35(28)24-8-6-7-9-24/h10-17,24,27H,4-9,18-19H2,1-3H3,(H,30,36). The summed E-state index contributed by atoms with van der Waals surface area (Å²) in [5, 5.41) is 14.1. The van der Waals surface area contributed by atoms with E-state index in [0.717, 1.165) is 59.3 Å². The van der Waals surface area contributed by atoms with Crippen molar-refractivity contribution in [3.05, 3.63) is 81.4 Å². The van der Waals surface area contributed by atoms with E-state index in [4.69, 9.17) is 4.74 Å². The van der Waals surface area contributed by atoms with E-state index in [9.17, 15) is 4.79 Å². The van der Waals surface area contributed by atoms with Gasteiger partial charge in [-0.15, -0.1) is 5.10 Å². The Morgan fingerprint density at radius 3 is 2.51 bits per heavy atom. The first-order chi connectivity index (χ1) is 18.1. The monoisotopic (exact) mass is 500 g/mol. The molecule has 1 N–H and O–H groups in total. The fraction of sp³-hybridized carbons (Fsp3) is 0.448. The Balaban J connectivity index is 1.53. The largest absolute Gasteiger partial charge is 0.497 e. The summed E-state index contributed by atoms with van der Waals surface area (Å²) in [7, 11) is 1.67. The van der Waals surface area contributed by atoms with Gasteiger partial charge in [-0.2, -0.15) is 0 Å². The number of hydrogen-bond acceptors (Lipinski definition) is 6.